The highest BCUT2D eigenvalue weighted by atomic mass is 16.1. The molecule has 0 spiro atoms. The SMILES string of the molecule is CCC(C)(C)/C=C/C(N)=O. The Bertz CT molecular complexity index is 147. The Morgan fingerprint density at radius 3 is 2.40 bits per heavy atom. The zero-order chi connectivity index (χ0) is 8.20. The van der Waals surface area contributed by atoms with Gasteiger partial charge < -0.3 is 5.73 Å². The molecule has 58 valence electrons. The number of allylic oxidation sites excluding steroid dienone is 1. The summed E-state index contributed by atoms with van der Waals surface area (Å²) in [5.41, 5.74) is 5.02. The van der Waals surface area contributed by atoms with Crippen molar-refractivity contribution < 1.29 is 4.79 Å². The van der Waals surface area contributed by atoms with Crippen LogP contribution >= 0.6 is 0 Å². The van der Waals surface area contributed by atoms with Gasteiger partial charge in [-0.2, -0.15) is 0 Å². The standard InChI is InChI=1S/C8H15NO/c1-4-8(2,3)6-5-7(9)10/h5-6H,4H2,1-3H3,(H2,9,10)/b6-5+. The van der Waals surface area contributed by atoms with Crippen molar-refractivity contribution in [1.29, 1.82) is 0 Å². The van der Waals surface area contributed by atoms with E-state index in [1.54, 1.807) is 0 Å². The second-order valence-corrected chi connectivity index (χ2v) is 3.08. The summed E-state index contributed by atoms with van der Waals surface area (Å²) in [6.07, 6.45) is 4.27. The number of rotatable bonds is 3. The summed E-state index contributed by atoms with van der Waals surface area (Å²) in [6, 6.07) is 0. The molecule has 0 saturated carbocycles. The van der Waals surface area contributed by atoms with Crippen LogP contribution in [-0.2, 0) is 4.79 Å². The van der Waals surface area contributed by atoms with Crippen molar-refractivity contribution in [2.45, 2.75) is 27.2 Å². The van der Waals surface area contributed by atoms with Crippen LogP contribution in [0, 0.1) is 5.41 Å². The third-order valence-electron chi connectivity index (χ3n) is 1.61. The van der Waals surface area contributed by atoms with E-state index in [1.807, 2.05) is 6.08 Å². The van der Waals surface area contributed by atoms with Crippen molar-refractivity contribution in [1.82, 2.24) is 0 Å². The lowest BCUT2D eigenvalue weighted by molar-refractivity contribution is -0.113. The molecule has 0 radical (unpaired) electrons. The Balaban J connectivity index is 3.99. The zero-order valence-electron chi connectivity index (χ0n) is 6.85. The largest absolute Gasteiger partial charge is 0.366 e. The summed E-state index contributed by atoms with van der Waals surface area (Å²) < 4.78 is 0. The number of hydrogen-bond donors (Lipinski definition) is 1. The molecule has 0 aromatic heterocycles. The summed E-state index contributed by atoms with van der Waals surface area (Å²) in [5, 5.41) is 0. The second-order valence-electron chi connectivity index (χ2n) is 3.08. The molecule has 0 heterocycles. The fourth-order valence-corrected chi connectivity index (χ4v) is 0.426. The predicted molar refractivity (Wildman–Crippen MR) is 42.4 cm³/mol. The smallest absolute Gasteiger partial charge is 0.241 e. The van der Waals surface area contributed by atoms with Gasteiger partial charge in [0.1, 0.15) is 0 Å². The fourth-order valence-electron chi connectivity index (χ4n) is 0.426. The minimum Gasteiger partial charge on any atom is -0.366 e. The van der Waals surface area contributed by atoms with Gasteiger partial charge in [-0.15, -0.1) is 0 Å². The Morgan fingerprint density at radius 2 is 2.10 bits per heavy atom. The molecule has 0 bridgehead atoms. The van der Waals surface area contributed by atoms with E-state index in [2.05, 4.69) is 20.8 Å². The second kappa shape index (κ2) is 3.40. The molecular formula is C8H15NO. The van der Waals surface area contributed by atoms with E-state index in [0.717, 1.165) is 6.42 Å². The van der Waals surface area contributed by atoms with Gasteiger partial charge in [0.2, 0.25) is 5.91 Å². The van der Waals surface area contributed by atoms with Crippen LogP contribution < -0.4 is 5.73 Å². The number of nitrogens with two attached hydrogens (primary N) is 1. The molecule has 0 aliphatic rings. The lowest BCUT2D eigenvalue weighted by Crippen LogP contribution is -2.10. The Labute approximate surface area is 62.1 Å². The molecule has 2 nitrogen and oxygen atoms in total. The zero-order valence-corrected chi connectivity index (χ0v) is 6.85. The summed E-state index contributed by atoms with van der Waals surface area (Å²) in [6.45, 7) is 6.20. The minimum absolute atomic E-state index is 0.0923. The van der Waals surface area contributed by atoms with Crippen molar-refractivity contribution in [3.63, 3.8) is 0 Å². The van der Waals surface area contributed by atoms with Gasteiger partial charge in [-0.25, -0.2) is 0 Å². The third kappa shape index (κ3) is 4.13. The topological polar surface area (TPSA) is 43.1 Å². The first-order valence-electron chi connectivity index (χ1n) is 3.46. The molecule has 0 rings (SSSR count). The van der Waals surface area contributed by atoms with Gasteiger partial charge >= 0.3 is 0 Å². The van der Waals surface area contributed by atoms with Crippen LogP contribution in [-0.4, -0.2) is 5.91 Å². The molecule has 10 heavy (non-hydrogen) atoms. The first-order chi connectivity index (χ1) is 4.48. The predicted octanol–water partition coefficient (Wildman–Crippen LogP) is 1.46. The number of carbonyl (C=O) groups is 1. The van der Waals surface area contributed by atoms with E-state index >= 15 is 0 Å². The van der Waals surface area contributed by atoms with E-state index in [4.69, 9.17) is 5.73 Å². The molecule has 1 amide bonds. The summed E-state index contributed by atoms with van der Waals surface area (Å²) in [4.78, 5) is 10.3. The highest BCUT2D eigenvalue weighted by Crippen LogP contribution is 2.20. The molecule has 2 heteroatoms. The van der Waals surface area contributed by atoms with Crippen molar-refractivity contribution in [3.05, 3.63) is 12.2 Å². The van der Waals surface area contributed by atoms with Gasteiger partial charge in [-0.05, 0) is 17.9 Å². The van der Waals surface area contributed by atoms with Crippen LogP contribution in [0.4, 0.5) is 0 Å². The number of carbonyl (C=O) groups excluding carboxylic acids is 1. The average molecular weight is 141 g/mol. The van der Waals surface area contributed by atoms with Crippen LogP contribution in [0.2, 0.25) is 0 Å². The molecular weight excluding hydrogens is 126 g/mol. The average Bonchev–Trinajstić information content (AvgIpc) is 1.85. The van der Waals surface area contributed by atoms with Crippen LogP contribution in [0.15, 0.2) is 12.2 Å². The molecule has 0 atom stereocenters. The van der Waals surface area contributed by atoms with Gasteiger partial charge in [-0.3, -0.25) is 4.79 Å². The van der Waals surface area contributed by atoms with Gasteiger partial charge in [-0.1, -0.05) is 26.8 Å². The lowest BCUT2D eigenvalue weighted by atomic mass is 9.90. The van der Waals surface area contributed by atoms with E-state index in [-0.39, 0.29) is 11.3 Å². The Kier molecular flexibility index (Phi) is 3.13. The highest BCUT2D eigenvalue weighted by Gasteiger charge is 2.09. The number of primary amides is 1. The third-order valence-corrected chi connectivity index (χ3v) is 1.61. The molecule has 0 aromatic carbocycles. The van der Waals surface area contributed by atoms with Crippen LogP contribution in [0.1, 0.15) is 27.2 Å². The highest BCUT2D eigenvalue weighted by molar-refractivity contribution is 5.85. The van der Waals surface area contributed by atoms with Crippen LogP contribution in [0.5, 0.6) is 0 Å². The quantitative estimate of drug-likeness (QED) is 0.594. The normalized spacial score (nSPS) is 12.3. The fraction of sp³-hybridized carbons (Fsp3) is 0.625. The van der Waals surface area contributed by atoms with Crippen molar-refractivity contribution >= 4 is 5.91 Å². The van der Waals surface area contributed by atoms with E-state index in [9.17, 15) is 4.79 Å². The van der Waals surface area contributed by atoms with Gasteiger partial charge in [0.25, 0.3) is 0 Å². The molecule has 0 saturated heterocycles. The van der Waals surface area contributed by atoms with Crippen LogP contribution in [0.25, 0.3) is 0 Å². The first-order valence-corrected chi connectivity index (χ1v) is 3.46. The van der Waals surface area contributed by atoms with E-state index in [1.165, 1.54) is 6.08 Å². The van der Waals surface area contributed by atoms with Crippen LogP contribution in [0.3, 0.4) is 0 Å². The molecule has 0 unspecified atom stereocenters. The first kappa shape index (κ1) is 9.21. The Morgan fingerprint density at radius 1 is 1.60 bits per heavy atom. The molecule has 0 aliphatic heterocycles. The van der Waals surface area contributed by atoms with Gasteiger partial charge in [0.15, 0.2) is 0 Å². The van der Waals surface area contributed by atoms with Gasteiger partial charge in [0.05, 0.1) is 0 Å². The van der Waals surface area contributed by atoms with Gasteiger partial charge in [0, 0.05) is 0 Å². The minimum atomic E-state index is -0.374. The molecule has 0 fully saturated rings. The maximum Gasteiger partial charge on any atom is 0.241 e. The number of hydrogen-bond acceptors (Lipinski definition) is 1. The summed E-state index contributed by atoms with van der Waals surface area (Å²) >= 11 is 0. The van der Waals surface area contributed by atoms with E-state index < -0.39 is 0 Å². The maximum atomic E-state index is 10.3. The van der Waals surface area contributed by atoms with Crippen molar-refractivity contribution in [2.75, 3.05) is 0 Å². The Hall–Kier alpha value is -0.790. The van der Waals surface area contributed by atoms with Crippen molar-refractivity contribution in [2.24, 2.45) is 11.1 Å². The summed E-state index contributed by atoms with van der Waals surface area (Å²) in [5.74, 6) is -0.374. The molecule has 0 aliphatic carbocycles. The molecule has 0 aromatic rings. The lowest BCUT2D eigenvalue weighted by Gasteiger charge is -2.15. The van der Waals surface area contributed by atoms with Crippen molar-refractivity contribution in [3.8, 4) is 0 Å². The monoisotopic (exact) mass is 141 g/mol. The molecule has 2 N–H and O–H groups in total. The van der Waals surface area contributed by atoms with E-state index in [0.29, 0.717) is 0 Å². The summed E-state index contributed by atoms with van der Waals surface area (Å²) in [7, 11) is 0. The maximum absolute atomic E-state index is 10.3. The number of amides is 1.